The summed E-state index contributed by atoms with van der Waals surface area (Å²) in [5, 5.41) is 6.48. The van der Waals surface area contributed by atoms with Gasteiger partial charge in [-0.05, 0) is 28.8 Å². The molecular weight excluding hydrogens is 362 g/mol. The molecule has 0 aliphatic carbocycles. The molecular formula is C20H19N3O3S. The van der Waals surface area contributed by atoms with E-state index in [1.54, 1.807) is 4.90 Å². The largest absolute Gasteiger partial charge is 0.331 e. The summed E-state index contributed by atoms with van der Waals surface area (Å²) in [6, 6.07) is 11.9. The lowest BCUT2D eigenvalue weighted by molar-refractivity contribution is 0.0796. The number of nitrogens with zero attached hydrogens (tertiary/aromatic N) is 3. The molecule has 4 rings (SSSR count). The zero-order chi connectivity index (χ0) is 19.2. The molecule has 0 saturated heterocycles. The summed E-state index contributed by atoms with van der Waals surface area (Å²) in [5.74, 6) is -0.0772. The Morgan fingerprint density at radius 3 is 2.74 bits per heavy atom. The van der Waals surface area contributed by atoms with Crippen LogP contribution in [0.15, 0.2) is 54.1 Å². The van der Waals surface area contributed by atoms with Gasteiger partial charge in [0.2, 0.25) is 0 Å². The normalized spacial score (nSPS) is 14.4. The highest BCUT2D eigenvalue weighted by molar-refractivity contribution is 7.93. The standard InChI is InChI=1S/C20H19N3O3S/c1-22-19-11-14(7-8-15(19)12-21-22)16-5-3-6-17-18(16)13-23(20(17)24)9-4-10-27(2,25)26/h3-8,10-12H,9,13H2,1-2H3/b10-4+. The fourth-order valence-corrected chi connectivity index (χ4v) is 3.90. The first-order valence-corrected chi connectivity index (χ1v) is 10.5. The molecule has 0 spiro atoms. The second-order valence-electron chi connectivity index (χ2n) is 6.76. The maximum atomic E-state index is 12.7. The van der Waals surface area contributed by atoms with E-state index < -0.39 is 9.84 Å². The van der Waals surface area contributed by atoms with E-state index >= 15 is 0 Å². The third-order valence-corrected chi connectivity index (χ3v) is 5.46. The molecule has 7 heteroatoms. The van der Waals surface area contributed by atoms with E-state index in [9.17, 15) is 13.2 Å². The molecule has 2 heterocycles. The molecule has 1 aliphatic heterocycles. The zero-order valence-electron chi connectivity index (χ0n) is 15.1. The van der Waals surface area contributed by atoms with E-state index in [4.69, 9.17) is 0 Å². The van der Waals surface area contributed by atoms with Crippen molar-refractivity contribution in [2.24, 2.45) is 7.05 Å². The van der Waals surface area contributed by atoms with Gasteiger partial charge in [0.25, 0.3) is 5.91 Å². The van der Waals surface area contributed by atoms with Gasteiger partial charge in [0.1, 0.15) is 0 Å². The molecule has 0 bridgehead atoms. The Balaban J connectivity index is 1.70. The molecule has 0 N–H and O–H groups in total. The van der Waals surface area contributed by atoms with Crippen molar-refractivity contribution < 1.29 is 13.2 Å². The van der Waals surface area contributed by atoms with Gasteiger partial charge in [-0.2, -0.15) is 5.10 Å². The van der Waals surface area contributed by atoms with Gasteiger partial charge in [0.15, 0.2) is 9.84 Å². The van der Waals surface area contributed by atoms with Crippen LogP contribution < -0.4 is 0 Å². The molecule has 27 heavy (non-hydrogen) atoms. The zero-order valence-corrected chi connectivity index (χ0v) is 15.9. The van der Waals surface area contributed by atoms with Crippen molar-refractivity contribution in [2.75, 3.05) is 12.8 Å². The van der Waals surface area contributed by atoms with Crippen LogP contribution in [0.1, 0.15) is 15.9 Å². The van der Waals surface area contributed by atoms with Gasteiger partial charge >= 0.3 is 0 Å². The molecule has 0 atom stereocenters. The minimum atomic E-state index is -3.20. The summed E-state index contributed by atoms with van der Waals surface area (Å²) in [5.41, 5.74) is 4.72. The molecule has 0 unspecified atom stereocenters. The van der Waals surface area contributed by atoms with E-state index in [0.29, 0.717) is 12.1 Å². The van der Waals surface area contributed by atoms with Gasteiger partial charge in [-0.15, -0.1) is 0 Å². The van der Waals surface area contributed by atoms with Crippen LogP contribution in [0.25, 0.3) is 22.0 Å². The van der Waals surface area contributed by atoms with Crippen LogP contribution in [-0.4, -0.2) is 41.8 Å². The SMILES string of the molecule is Cn1ncc2ccc(-c3cccc4c3CN(C/C=C/S(C)(=O)=O)C4=O)cc21. The molecule has 1 amide bonds. The van der Waals surface area contributed by atoms with Crippen LogP contribution in [0.5, 0.6) is 0 Å². The fraction of sp³-hybridized carbons (Fsp3) is 0.200. The van der Waals surface area contributed by atoms with Crippen LogP contribution in [0.3, 0.4) is 0 Å². The average Bonchev–Trinajstić information content (AvgIpc) is 3.15. The van der Waals surface area contributed by atoms with E-state index in [1.807, 2.05) is 48.3 Å². The topological polar surface area (TPSA) is 72.3 Å². The predicted octanol–water partition coefficient (Wildman–Crippen LogP) is 2.75. The number of benzene rings is 2. The molecule has 3 aromatic rings. The minimum absolute atomic E-state index is 0.0772. The summed E-state index contributed by atoms with van der Waals surface area (Å²) in [6.45, 7) is 0.725. The molecule has 6 nitrogen and oxygen atoms in total. The molecule has 1 aliphatic rings. The number of rotatable bonds is 4. The number of sulfone groups is 1. The Morgan fingerprint density at radius 1 is 1.19 bits per heavy atom. The number of aryl methyl sites for hydroxylation is 1. The first-order valence-electron chi connectivity index (χ1n) is 8.53. The summed E-state index contributed by atoms with van der Waals surface area (Å²) in [4.78, 5) is 14.3. The fourth-order valence-electron chi connectivity index (χ4n) is 3.47. The van der Waals surface area contributed by atoms with Crippen LogP contribution in [-0.2, 0) is 23.4 Å². The number of hydrogen-bond donors (Lipinski definition) is 0. The lowest BCUT2D eigenvalue weighted by Gasteiger charge is -2.13. The smallest absolute Gasteiger partial charge is 0.254 e. The highest BCUT2D eigenvalue weighted by atomic mass is 32.2. The summed E-state index contributed by atoms with van der Waals surface area (Å²) in [6.07, 6.45) is 4.48. The van der Waals surface area contributed by atoms with Crippen LogP contribution in [0.2, 0.25) is 0 Å². The first-order chi connectivity index (χ1) is 12.8. The van der Waals surface area contributed by atoms with Crippen molar-refractivity contribution in [1.82, 2.24) is 14.7 Å². The maximum Gasteiger partial charge on any atom is 0.254 e. The lowest BCUT2D eigenvalue weighted by atomic mass is 9.96. The number of amides is 1. The Hall–Kier alpha value is -2.93. The minimum Gasteiger partial charge on any atom is -0.331 e. The molecule has 0 radical (unpaired) electrons. The van der Waals surface area contributed by atoms with E-state index in [0.717, 1.165) is 39.3 Å². The molecule has 2 aromatic carbocycles. The molecule has 1 aromatic heterocycles. The van der Waals surface area contributed by atoms with Crippen molar-refractivity contribution in [3.05, 3.63) is 65.2 Å². The third kappa shape index (κ3) is 3.26. The van der Waals surface area contributed by atoms with Crippen molar-refractivity contribution in [3.63, 3.8) is 0 Å². The molecule has 0 fully saturated rings. The summed E-state index contributed by atoms with van der Waals surface area (Å²) in [7, 11) is -1.29. The van der Waals surface area contributed by atoms with Gasteiger partial charge in [-0.1, -0.05) is 30.3 Å². The van der Waals surface area contributed by atoms with Crippen molar-refractivity contribution in [1.29, 1.82) is 0 Å². The summed E-state index contributed by atoms with van der Waals surface area (Å²) >= 11 is 0. The van der Waals surface area contributed by atoms with E-state index in [-0.39, 0.29) is 12.5 Å². The number of carbonyl (C=O) groups is 1. The second-order valence-corrected chi connectivity index (χ2v) is 8.69. The lowest BCUT2D eigenvalue weighted by Crippen LogP contribution is -2.23. The van der Waals surface area contributed by atoms with Crippen LogP contribution in [0.4, 0.5) is 0 Å². The molecule has 0 saturated carbocycles. The van der Waals surface area contributed by atoms with Crippen LogP contribution in [0, 0.1) is 0 Å². The highest BCUT2D eigenvalue weighted by Gasteiger charge is 2.28. The van der Waals surface area contributed by atoms with Crippen LogP contribution >= 0.6 is 0 Å². The van der Waals surface area contributed by atoms with Gasteiger partial charge in [-0.3, -0.25) is 9.48 Å². The third-order valence-electron chi connectivity index (χ3n) is 4.77. The van der Waals surface area contributed by atoms with Crippen molar-refractivity contribution >= 4 is 26.6 Å². The van der Waals surface area contributed by atoms with Gasteiger partial charge in [0, 0.05) is 42.8 Å². The van der Waals surface area contributed by atoms with E-state index in [1.165, 1.54) is 6.08 Å². The molecule has 138 valence electrons. The second kappa shape index (κ2) is 6.35. The highest BCUT2D eigenvalue weighted by Crippen LogP contribution is 2.33. The van der Waals surface area contributed by atoms with E-state index in [2.05, 4.69) is 11.2 Å². The number of hydrogen-bond acceptors (Lipinski definition) is 4. The number of aromatic nitrogens is 2. The first kappa shape index (κ1) is 17.5. The van der Waals surface area contributed by atoms with Gasteiger partial charge in [0.05, 0.1) is 11.7 Å². The number of carbonyl (C=O) groups excluding carboxylic acids is 1. The maximum absolute atomic E-state index is 12.7. The van der Waals surface area contributed by atoms with Gasteiger partial charge < -0.3 is 4.90 Å². The summed E-state index contributed by atoms with van der Waals surface area (Å²) < 4.78 is 24.3. The monoisotopic (exact) mass is 381 g/mol. The number of fused-ring (bicyclic) bond motifs is 2. The Bertz CT molecular complexity index is 1190. The quantitative estimate of drug-likeness (QED) is 0.697. The van der Waals surface area contributed by atoms with Crippen molar-refractivity contribution in [3.8, 4) is 11.1 Å². The average molecular weight is 381 g/mol. The Morgan fingerprint density at radius 2 is 1.96 bits per heavy atom. The Labute approximate surface area is 157 Å². The van der Waals surface area contributed by atoms with Crippen molar-refractivity contribution in [2.45, 2.75) is 6.54 Å². The Kier molecular flexibility index (Phi) is 4.11. The predicted molar refractivity (Wildman–Crippen MR) is 105 cm³/mol. The van der Waals surface area contributed by atoms with Gasteiger partial charge in [-0.25, -0.2) is 8.42 Å².